The maximum Gasteiger partial charge on any atom is 0.244 e. The Morgan fingerprint density at radius 1 is 1.12 bits per heavy atom. The summed E-state index contributed by atoms with van der Waals surface area (Å²) in [6.45, 7) is 1.88. The molecule has 1 aliphatic heterocycles. The number of carbonyl (C=O) groups is 1. The lowest BCUT2D eigenvalue weighted by Gasteiger charge is -2.18. The van der Waals surface area contributed by atoms with Gasteiger partial charge in [0.15, 0.2) is 11.5 Å². The minimum Gasteiger partial charge on any atom is -0.492 e. The first-order valence-corrected chi connectivity index (χ1v) is 8.32. The first-order valence-electron chi connectivity index (χ1n) is 7.95. The molecule has 0 fully saturated rings. The number of hydrogen-bond donors (Lipinski definition) is 1. The third kappa shape index (κ3) is 5.16. The van der Waals surface area contributed by atoms with Crippen molar-refractivity contribution in [2.24, 2.45) is 0 Å². The third-order valence-electron chi connectivity index (χ3n) is 3.48. The number of rotatable bonds is 6. The minimum atomic E-state index is -0.186. The molecule has 0 saturated carbocycles. The van der Waals surface area contributed by atoms with Gasteiger partial charge in [-0.3, -0.25) is 4.79 Å². The van der Waals surface area contributed by atoms with Crippen LogP contribution >= 0.6 is 11.6 Å². The Morgan fingerprint density at radius 2 is 1.88 bits per heavy atom. The fourth-order valence-electron chi connectivity index (χ4n) is 2.27. The van der Waals surface area contributed by atoms with E-state index >= 15 is 0 Å². The zero-order valence-corrected chi connectivity index (χ0v) is 14.3. The zero-order chi connectivity index (χ0) is 17.5. The van der Waals surface area contributed by atoms with E-state index in [4.69, 9.17) is 25.8 Å². The van der Waals surface area contributed by atoms with E-state index in [1.165, 1.54) is 6.08 Å². The highest BCUT2D eigenvalue weighted by molar-refractivity contribution is 6.30. The molecule has 0 radical (unpaired) electrons. The normalized spacial score (nSPS) is 12.8. The van der Waals surface area contributed by atoms with E-state index < -0.39 is 0 Å². The van der Waals surface area contributed by atoms with Gasteiger partial charge in [0, 0.05) is 11.1 Å². The van der Waals surface area contributed by atoms with E-state index in [-0.39, 0.29) is 5.91 Å². The summed E-state index contributed by atoms with van der Waals surface area (Å²) in [6, 6.07) is 12.6. The molecule has 0 spiro atoms. The molecule has 25 heavy (non-hydrogen) atoms. The number of fused-ring (bicyclic) bond motifs is 1. The quantitative estimate of drug-likeness (QED) is 0.635. The summed E-state index contributed by atoms with van der Waals surface area (Å²) in [6.07, 6.45) is 3.21. The van der Waals surface area contributed by atoms with Crippen LogP contribution in [-0.2, 0) is 4.79 Å². The molecule has 1 N–H and O–H groups in total. The van der Waals surface area contributed by atoms with Gasteiger partial charge in [-0.2, -0.15) is 0 Å². The Bertz CT molecular complexity index is 759. The van der Waals surface area contributed by atoms with Crippen molar-refractivity contribution in [2.45, 2.75) is 0 Å². The molecule has 1 amide bonds. The second-order valence-electron chi connectivity index (χ2n) is 5.33. The van der Waals surface area contributed by atoms with Crippen molar-refractivity contribution >= 4 is 23.6 Å². The fraction of sp³-hybridized carbons (Fsp3) is 0.211. The number of carbonyl (C=O) groups excluding carboxylic acids is 1. The van der Waals surface area contributed by atoms with E-state index in [0.717, 1.165) is 11.3 Å². The van der Waals surface area contributed by atoms with Crippen molar-refractivity contribution in [3.63, 3.8) is 0 Å². The van der Waals surface area contributed by atoms with Gasteiger partial charge in [-0.05, 0) is 48.0 Å². The van der Waals surface area contributed by atoms with Crippen LogP contribution in [0.25, 0.3) is 6.08 Å². The summed E-state index contributed by atoms with van der Waals surface area (Å²) < 4.78 is 16.5. The second kappa shape index (κ2) is 8.44. The fourth-order valence-corrected chi connectivity index (χ4v) is 2.39. The molecule has 0 saturated heterocycles. The average Bonchev–Trinajstić information content (AvgIpc) is 2.65. The number of amides is 1. The van der Waals surface area contributed by atoms with Crippen molar-refractivity contribution in [1.29, 1.82) is 0 Å². The number of ether oxygens (including phenoxy) is 3. The van der Waals surface area contributed by atoms with E-state index in [1.54, 1.807) is 30.3 Å². The smallest absolute Gasteiger partial charge is 0.244 e. The Morgan fingerprint density at radius 3 is 2.68 bits per heavy atom. The predicted molar refractivity (Wildman–Crippen MR) is 96.4 cm³/mol. The number of benzene rings is 2. The standard InChI is InChI=1S/C19H18ClNO4/c20-15-3-5-16(6-4-15)23-10-9-21-19(22)8-2-14-1-7-17-18(13-14)25-12-11-24-17/h1-8,13H,9-12H2,(H,21,22)/b8-2+. The summed E-state index contributed by atoms with van der Waals surface area (Å²) in [4.78, 5) is 11.8. The van der Waals surface area contributed by atoms with Crippen molar-refractivity contribution in [3.8, 4) is 17.2 Å². The summed E-state index contributed by atoms with van der Waals surface area (Å²) in [5.74, 6) is 1.96. The van der Waals surface area contributed by atoms with Crippen molar-refractivity contribution < 1.29 is 19.0 Å². The lowest BCUT2D eigenvalue weighted by atomic mass is 10.2. The molecular formula is C19H18ClNO4. The summed E-state index contributed by atoms with van der Waals surface area (Å²) in [5, 5.41) is 3.42. The van der Waals surface area contributed by atoms with Crippen LogP contribution in [0.3, 0.4) is 0 Å². The molecular weight excluding hydrogens is 342 g/mol. The van der Waals surface area contributed by atoms with Gasteiger partial charge in [0.1, 0.15) is 25.6 Å². The molecule has 0 bridgehead atoms. The van der Waals surface area contributed by atoms with Crippen LogP contribution < -0.4 is 19.5 Å². The highest BCUT2D eigenvalue weighted by Crippen LogP contribution is 2.31. The molecule has 0 atom stereocenters. The molecule has 6 heteroatoms. The molecule has 0 aliphatic carbocycles. The van der Waals surface area contributed by atoms with Crippen LogP contribution in [0.15, 0.2) is 48.5 Å². The van der Waals surface area contributed by atoms with Crippen LogP contribution in [0.5, 0.6) is 17.2 Å². The van der Waals surface area contributed by atoms with Gasteiger partial charge in [0.25, 0.3) is 0 Å². The van der Waals surface area contributed by atoms with Crippen LogP contribution in [0.2, 0.25) is 5.02 Å². The van der Waals surface area contributed by atoms with E-state index in [9.17, 15) is 4.79 Å². The third-order valence-corrected chi connectivity index (χ3v) is 3.73. The van der Waals surface area contributed by atoms with E-state index in [1.807, 2.05) is 18.2 Å². The molecule has 0 unspecified atom stereocenters. The van der Waals surface area contributed by atoms with E-state index in [2.05, 4.69) is 5.32 Å². The maximum atomic E-state index is 11.8. The highest BCUT2D eigenvalue weighted by atomic mass is 35.5. The lowest BCUT2D eigenvalue weighted by Crippen LogP contribution is -2.26. The van der Waals surface area contributed by atoms with Gasteiger partial charge in [-0.1, -0.05) is 17.7 Å². The van der Waals surface area contributed by atoms with Gasteiger partial charge < -0.3 is 19.5 Å². The van der Waals surface area contributed by atoms with Crippen LogP contribution in [0, 0.1) is 0 Å². The molecule has 1 aliphatic rings. The Labute approximate surface area is 151 Å². The highest BCUT2D eigenvalue weighted by Gasteiger charge is 2.10. The number of nitrogens with one attached hydrogen (secondary N) is 1. The Hall–Kier alpha value is -2.66. The Balaban J connectivity index is 1.42. The van der Waals surface area contributed by atoms with Crippen molar-refractivity contribution in [3.05, 3.63) is 59.1 Å². The summed E-state index contributed by atoms with van der Waals surface area (Å²) in [5.41, 5.74) is 0.872. The molecule has 0 aromatic heterocycles. The largest absolute Gasteiger partial charge is 0.492 e. The number of hydrogen-bond acceptors (Lipinski definition) is 4. The predicted octanol–water partition coefficient (Wildman–Crippen LogP) is 3.32. The summed E-state index contributed by atoms with van der Waals surface area (Å²) >= 11 is 5.80. The monoisotopic (exact) mass is 359 g/mol. The zero-order valence-electron chi connectivity index (χ0n) is 13.5. The topological polar surface area (TPSA) is 56.8 Å². The summed E-state index contributed by atoms with van der Waals surface area (Å²) in [7, 11) is 0. The van der Waals surface area contributed by atoms with Gasteiger partial charge in [-0.15, -0.1) is 0 Å². The molecule has 130 valence electrons. The SMILES string of the molecule is O=C(/C=C/c1ccc2c(c1)OCCO2)NCCOc1ccc(Cl)cc1. The molecule has 1 heterocycles. The van der Waals surface area contributed by atoms with Gasteiger partial charge in [0.05, 0.1) is 6.54 Å². The van der Waals surface area contributed by atoms with Crippen molar-refractivity contribution in [1.82, 2.24) is 5.32 Å². The van der Waals surface area contributed by atoms with Crippen molar-refractivity contribution in [2.75, 3.05) is 26.4 Å². The van der Waals surface area contributed by atoms with Gasteiger partial charge >= 0.3 is 0 Å². The average molecular weight is 360 g/mol. The van der Waals surface area contributed by atoms with Gasteiger partial charge in [-0.25, -0.2) is 0 Å². The van der Waals surface area contributed by atoms with Gasteiger partial charge in [0.2, 0.25) is 5.91 Å². The lowest BCUT2D eigenvalue weighted by molar-refractivity contribution is -0.116. The van der Waals surface area contributed by atoms with E-state index in [0.29, 0.717) is 42.9 Å². The molecule has 3 rings (SSSR count). The first-order chi connectivity index (χ1) is 12.2. The van der Waals surface area contributed by atoms with Crippen LogP contribution in [-0.4, -0.2) is 32.3 Å². The molecule has 2 aromatic rings. The molecule has 5 nitrogen and oxygen atoms in total. The first kappa shape index (κ1) is 17.2. The second-order valence-corrected chi connectivity index (χ2v) is 5.77. The van der Waals surface area contributed by atoms with Crippen LogP contribution in [0.4, 0.5) is 0 Å². The Kier molecular flexibility index (Phi) is 5.80. The molecule has 2 aromatic carbocycles. The number of halogens is 1. The van der Waals surface area contributed by atoms with Crippen LogP contribution in [0.1, 0.15) is 5.56 Å². The maximum absolute atomic E-state index is 11.8. The minimum absolute atomic E-state index is 0.186.